The summed E-state index contributed by atoms with van der Waals surface area (Å²) in [6, 6.07) is 8.14. The molecular formula is C15H18N4. The van der Waals surface area contributed by atoms with Crippen LogP contribution in [0.1, 0.15) is 28.2 Å². The van der Waals surface area contributed by atoms with E-state index in [-0.39, 0.29) is 0 Å². The van der Waals surface area contributed by atoms with Crippen molar-refractivity contribution in [1.29, 1.82) is 5.26 Å². The summed E-state index contributed by atoms with van der Waals surface area (Å²) in [6.07, 6.45) is 1.81. The Morgan fingerprint density at radius 2 is 2.16 bits per heavy atom. The Kier molecular flexibility index (Phi) is 3.98. The minimum Gasteiger partial charge on any atom is -0.340 e. The van der Waals surface area contributed by atoms with Crippen LogP contribution < -0.4 is 5.32 Å². The highest BCUT2D eigenvalue weighted by Gasteiger charge is 2.08. The van der Waals surface area contributed by atoms with E-state index in [9.17, 15) is 0 Å². The Hall–Kier alpha value is -2.12. The summed E-state index contributed by atoms with van der Waals surface area (Å²) in [5, 5.41) is 12.4. The number of rotatable bonds is 4. The van der Waals surface area contributed by atoms with E-state index in [0.29, 0.717) is 5.69 Å². The van der Waals surface area contributed by atoms with Gasteiger partial charge >= 0.3 is 0 Å². The second kappa shape index (κ2) is 5.68. The molecule has 0 aliphatic carbocycles. The lowest BCUT2D eigenvalue weighted by Gasteiger charge is -2.07. The highest BCUT2D eigenvalue weighted by molar-refractivity contribution is 5.34. The van der Waals surface area contributed by atoms with Crippen LogP contribution in [0, 0.1) is 25.2 Å². The number of aromatic nitrogens is 2. The number of hydrogen-bond donors (Lipinski definition) is 1. The van der Waals surface area contributed by atoms with Gasteiger partial charge in [0.2, 0.25) is 0 Å². The molecule has 2 aromatic heterocycles. The fourth-order valence-electron chi connectivity index (χ4n) is 2.07. The van der Waals surface area contributed by atoms with Crippen LogP contribution in [0.2, 0.25) is 0 Å². The first kappa shape index (κ1) is 13.3. The molecule has 2 rings (SSSR count). The first-order chi connectivity index (χ1) is 9.13. The van der Waals surface area contributed by atoms with E-state index in [0.717, 1.165) is 30.0 Å². The zero-order valence-corrected chi connectivity index (χ0v) is 11.6. The fourth-order valence-corrected chi connectivity index (χ4v) is 2.07. The molecule has 4 heteroatoms. The molecule has 0 saturated heterocycles. The topological polar surface area (TPSA) is 53.6 Å². The summed E-state index contributed by atoms with van der Waals surface area (Å²) >= 11 is 0. The fraction of sp³-hybridized carbons (Fsp3) is 0.333. The maximum atomic E-state index is 8.99. The Labute approximate surface area is 113 Å². The third-order valence-corrected chi connectivity index (χ3v) is 3.48. The summed E-state index contributed by atoms with van der Waals surface area (Å²) in [4.78, 5) is 4.35. The summed E-state index contributed by atoms with van der Waals surface area (Å²) < 4.78 is 1.92. The highest BCUT2D eigenvalue weighted by Crippen LogP contribution is 2.13. The molecule has 4 nitrogen and oxygen atoms in total. The minimum atomic E-state index is 0.698. The van der Waals surface area contributed by atoms with Crippen molar-refractivity contribution < 1.29 is 0 Å². The smallest absolute Gasteiger partial charge is 0.120 e. The van der Waals surface area contributed by atoms with E-state index in [1.165, 1.54) is 5.56 Å². The number of nitrogens with zero attached hydrogens (tertiary/aromatic N) is 3. The van der Waals surface area contributed by atoms with E-state index in [1.807, 2.05) is 36.9 Å². The van der Waals surface area contributed by atoms with Gasteiger partial charge in [0, 0.05) is 32.0 Å². The summed E-state index contributed by atoms with van der Waals surface area (Å²) in [6.45, 7) is 5.58. The van der Waals surface area contributed by atoms with Gasteiger partial charge in [-0.05, 0) is 37.1 Å². The van der Waals surface area contributed by atoms with Gasteiger partial charge in [0.15, 0.2) is 0 Å². The van der Waals surface area contributed by atoms with Crippen LogP contribution in [0.25, 0.3) is 0 Å². The van der Waals surface area contributed by atoms with E-state index in [2.05, 4.69) is 29.4 Å². The molecular weight excluding hydrogens is 236 g/mol. The first-order valence-corrected chi connectivity index (χ1v) is 6.30. The monoisotopic (exact) mass is 254 g/mol. The van der Waals surface area contributed by atoms with Crippen LogP contribution in [0.3, 0.4) is 0 Å². The molecule has 19 heavy (non-hydrogen) atoms. The third kappa shape index (κ3) is 2.83. The lowest BCUT2D eigenvalue weighted by molar-refractivity contribution is 0.671. The van der Waals surface area contributed by atoms with Crippen LogP contribution in [-0.4, -0.2) is 9.55 Å². The third-order valence-electron chi connectivity index (χ3n) is 3.48. The van der Waals surface area contributed by atoms with Gasteiger partial charge in [-0.1, -0.05) is 6.07 Å². The van der Waals surface area contributed by atoms with Gasteiger partial charge in [0.05, 0.1) is 5.69 Å². The Morgan fingerprint density at radius 1 is 1.37 bits per heavy atom. The number of nitriles is 1. The van der Waals surface area contributed by atoms with Crippen LogP contribution in [0.4, 0.5) is 0 Å². The average molecular weight is 254 g/mol. The molecule has 0 aliphatic heterocycles. The van der Waals surface area contributed by atoms with Crippen LogP contribution >= 0.6 is 0 Å². The molecule has 1 N–H and O–H groups in total. The Morgan fingerprint density at radius 3 is 2.79 bits per heavy atom. The van der Waals surface area contributed by atoms with Gasteiger partial charge in [0.25, 0.3) is 0 Å². The van der Waals surface area contributed by atoms with Gasteiger partial charge in [-0.15, -0.1) is 0 Å². The van der Waals surface area contributed by atoms with Crippen molar-refractivity contribution in [3.8, 4) is 6.07 Å². The standard InChI is InChI=1S/C15H18N4/c1-11-5-4-6-18-15(11)10-17-9-13-7-14(8-16)19(3)12(13)2/h4-7,17H,9-10H2,1-3H3. The molecule has 0 spiro atoms. The number of aryl methyl sites for hydroxylation is 1. The van der Waals surface area contributed by atoms with Gasteiger partial charge in [-0.2, -0.15) is 5.26 Å². The molecule has 0 unspecified atom stereocenters. The van der Waals surface area contributed by atoms with Crippen molar-refractivity contribution in [1.82, 2.24) is 14.9 Å². The lowest BCUT2D eigenvalue weighted by atomic mass is 10.2. The predicted octanol–water partition coefficient (Wildman–Crippen LogP) is 2.20. The second-order valence-corrected chi connectivity index (χ2v) is 4.68. The van der Waals surface area contributed by atoms with Gasteiger partial charge in [-0.3, -0.25) is 4.98 Å². The Balaban J connectivity index is 2.01. The van der Waals surface area contributed by atoms with Crippen molar-refractivity contribution >= 4 is 0 Å². The van der Waals surface area contributed by atoms with E-state index >= 15 is 0 Å². The summed E-state index contributed by atoms with van der Waals surface area (Å²) in [5.74, 6) is 0. The van der Waals surface area contributed by atoms with Crippen molar-refractivity contribution in [2.24, 2.45) is 7.05 Å². The highest BCUT2D eigenvalue weighted by atomic mass is 15.0. The van der Waals surface area contributed by atoms with Crippen molar-refractivity contribution in [2.45, 2.75) is 26.9 Å². The van der Waals surface area contributed by atoms with Crippen molar-refractivity contribution in [3.63, 3.8) is 0 Å². The number of hydrogen-bond acceptors (Lipinski definition) is 3. The zero-order chi connectivity index (χ0) is 13.8. The van der Waals surface area contributed by atoms with Crippen LogP contribution in [0.15, 0.2) is 24.4 Å². The molecule has 0 amide bonds. The molecule has 0 fully saturated rings. The summed E-state index contributed by atoms with van der Waals surface area (Å²) in [7, 11) is 1.92. The van der Waals surface area contributed by atoms with Crippen LogP contribution in [0.5, 0.6) is 0 Å². The number of pyridine rings is 1. The van der Waals surface area contributed by atoms with Gasteiger partial charge < -0.3 is 9.88 Å². The quantitative estimate of drug-likeness (QED) is 0.910. The maximum Gasteiger partial charge on any atom is 0.120 e. The minimum absolute atomic E-state index is 0.698. The summed E-state index contributed by atoms with van der Waals surface area (Å²) in [5.41, 5.74) is 5.24. The van der Waals surface area contributed by atoms with Gasteiger partial charge in [-0.25, -0.2) is 0 Å². The van der Waals surface area contributed by atoms with Gasteiger partial charge in [0.1, 0.15) is 11.8 Å². The van der Waals surface area contributed by atoms with E-state index < -0.39 is 0 Å². The molecule has 0 bridgehead atoms. The second-order valence-electron chi connectivity index (χ2n) is 4.68. The average Bonchev–Trinajstić information content (AvgIpc) is 2.69. The maximum absolute atomic E-state index is 8.99. The molecule has 0 atom stereocenters. The van der Waals surface area contributed by atoms with Crippen molar-refractivity contribution in [2.75, 3.05) is 0 Å². The molecule has 0 radical (unpaired) electrons. The zero-order valence-electron chi connectivity index (χ0n) is 11.6. The SMILES string of the molecule is Cc1cccnc1CNCc1cc(C#N)n(C)c1C. The van der Waals surface area contributed by atoms with E-state index in [4.69, 9.17) is 5.26 Å². The van der Waals surface area contributed by atoms with Crippen molar-refractivity contribution in [3.05, 3.63) is 52.6 Å². The molecule has 98 valence electrons. The lowest BCUT2D eigenvalue weighted by Crippen LogP contribution is -2.15. The molecule has 2 heterocycles. The van der Waals surface area contributed by atoms with E-state index in [1.54, 1.807) is 0 Å². The van der Waals surface area contributed by atoms with Crippen LogP contribution in [-0.2, 0) is 20.1 Å². The largest absolute Gasteiger partial charge is 0.340 e. The molecule has 0 saturated carbocycles. The molecule has 0 aromatic carbocycles. The molecule has 0 aliphatic rings. The predicted molar refractivity (Wildman–Crippen MR) is 74.4 cm³/mol. The normalized spacial score (nSPS) is 10.4. The first-order valence-electron chi connectivity index (χ1n) is 6.30. The number of nitrogens with one attached hydrogen (secondary N) is 1. The Bertz CT molecular complexity index is 620. The molecule has 2 aromatic rings.